The SMILES string of the molecule is CCN1CCCC1CS(=O)(=O)CC(=O)Cc1c2c(cc3c1CCC3)CCC2. The van der Waals surface area contributed by atoms with Crippen LogP contribution in [0.4, 0.5) is 0 Å². The summed E-state index contributed by atoms with van der Waals surface area (Å²) in [7, 11) is -3.35. The lowest BCUT2D eigenvalue weighted by Crippen LogP contribution is -2.36. The third-order valence-electron chi connectivity index (χ3n) is 6.70. The van der Waals surface area contributed by atoms with E-state index >= 15 is 0 Å². The van der Waals surface area contributed by atoms with Crippen LogP contribution in [0, 0.1) is 0 Å². The number of sulfone groups is 1. The van der Waals surface area contributed by atoms with Gasteiger partial charge in [-0.2, -0.15) is 0 Å². The third-order valence-corrected chi connectivity index (χ3v) is 8.36. The minimum absolute atomic E-state index is 0.0954. The fourth-order valence-corrected chi connectivity index (χ4v) is 7.17. The van der Waals surface area contributed by atoms with Gasteiger partial charge in [0.2, 0.25) is 0 Å². The topological polar surface area (TPSA) is 54.5 Å². The summed E-state index contributed by atoms with van der Waals surface area (Å²) in [5.41, 5.74) is 6.72. The van der Waals surface area contributed by atoms with Gasteiger partial charge in [0.1, 0.15) is 5.75 Å². The van der Waals surface area contributed by atoms with E-state index < -0.39 is 9.84 Å². The molecule has 5 heteroatoms. The molecule has 1 atom stereocenters. The van der Waals surface area contributed by atoms with Crippen LogP contribution in [0.15, 0.2) is 6.07 Å². The van der Waals surface area contributed by atoms with Gasteiger partial charge >= 0.3 is 0 Å². The first-order valence-electron chi connectivity index (χ1n) is 10.6. The molecule has 0 spiro atoms. The first-order chi connectivity index (χ1) is 13.0. The van der Waals surface area contributed by atoms with Crippen molar-refractivity contribution in [2.75, 3.05) is 24.6 Å². The lowest BCUT2D eigenvalue weighted by atomic mass is 9.91. The Balaban J connectivity index is 1.47. The fourth-order valence-electron chi connectivity index (χ4n) is 5.49. The predicted octanol–water partition coefficient (Wildman–Crippen LogP) is 2.67. The molecule has 27 heavy (non-hydrogen) atoms. The Morgan fingerprint density at radius 1 is 1.07 bits per heavy atom. The van der Waals surface area contributed by atoms with Crippen molar-refractivity contribution in [3.63, 3.8) is 0 Å². The summed E-state index contributed by atoms with van der Waals surface area (Å²) in [6, 6.07) is 2.45. The van der Waals surface area contributed by atoms with E-state index in [1.165, 1.54) is 27.8 Å². The molecule has 2 aliphatic carbocycles. The largest absolute Gasteiger partial charge is 0.300 e. The van der Waals surface area contributed by atoms with E-state index in [0.29, 0.717) is 6.42 Å². The van der Waals surface area contributed by atoms with Crippen molar-refractivity contribution < 1.29 is 13.2 Å². The molecule has 0 bridgehead atoms. The average molecular weight is 390 g/mol. The molecule has 4 rings (SSSR count). The normalized spacial score (nSPS) is 22.2. The van der Waals surface area contributed by atoms with E-state index in [0.717, 1.165) is 64.5 Å². The van der Waals surface area contributed by atoms with Crippen molar-refractivity contribution in [1.82, 2.24) is 4.90 Å². The predicted molar refractivity (Wildman–Crippen MR) is 108 cm³/mol. The molecule has 1 saturated heterocycles. The maximum atomic E-state index is 12.8. The van der Waals surface area contributed by atoms with E-state index in [4.69, 9.17) is 0 Å². The molecule has 1 aromatic rings. The molecule has 1 fully saturated rings. The van der Waals surface area contributed by atoms with E-state index in [-0.39, 0.29) is 23.3 Å². The minimum Gasteiger partial charge on any atom is -0.300 e. The van der Waals surface area contributed by atoms with Gasteiger partial charge in [-0.05, 0) is 92.3 Å². The van der Waals surface area contributed by atoms with Crippen LogP contribution in [0.2, 0.25) is 0 Å². The second kappa shape index (κ2) is 7.67. The van der Waals surface area contributed by atoms with Crippen LogP contribution in [-0.4, -0.2) is 49.7 Å². The van der Waals surface area contributed by atoms with Gasteiger partial charge in [-0.15, -0.1) is 0 Å². The van der Waals surface area contributed by atoms with Gasteiger partial charge in [-0.1, -0.05) is 13.0 Å². The Morgan fingerprint density at radius 2 is 1.74 bits per heavy atom. The maximum Gasteiger partial charge on any atom is 0.158 e. The summed E-state index contributed by atoms with van der Waals surface area (Å²) in [6.45, 7) is 3.94. The van der Waals surface area contributed by atoms with Crippen molar-refractivity contribution in [3.8, 4) is 0 Å². The Morgan fingerprint density at radius 3 is 2.37 bits per heavy atom. The Hall–Kier alpha value is -1.20. The van der Waals surface area contributed by atoms with E-state index in [1.807, 2.05) is 0 Å². The van der Waals surface area contributed by atoms with Crippen LogP contribution in [0.5, 0.6) is 0 Å². The lowest BCUT2D eigenvalue weighted by molar-refractivity contribution is -0.116. The summed E-state index contributed by atoms with van der Waals surface area (Å²) in [5, 5.41) is 0. The number of ketones is 1. The quantitative estimate of drug-likeness (QED) is 0.719. The minimum atomic E-state index is -3.35. The highest BCUT2D eigenvalue weighted by molar-refractivity contribution is 7.92. The van der Waals surface area contributed by atoms with E-state index in [2.05, 4.69) is 17.9 Å². The zero-order valence-electron chi connectivity index (χ0n) is 16.4. The van der Waals surface area contributed by atoms with Crippen LogP contribution in [0.25, 0.3) is 0 Å². The van der Waals surface area contributed by atoms with E-state index in [9.17, 15) is 13.2 Å². The van der Waals surface area contributed by atoms with Gasteiger partial charge in [0.25, 0.3) is 0 Å². The number of hydrogen-bond acceptors (Lipinski definition) is 4. The highest BCUT2D eigenvalue weighted by Gasteiger charge is 2.30. The van der Waals surface area contributed by atoms with Crippen LogP contribution in [0.3, 0.4) is 0 Å². The molecule has 0 saturated carbocycles. The highest BCUT2D eigenvalue weighted by Crippen LogP contribution is 2.35. The number of aryl methyl sites for hydroxylation is 2. The molecule has 1 heterocycles. The number of fused-ring (bicyclic) bond motifs is 2. The molecule has 0 aromatic heterocycles. The number of likely N-dealkylation sites (tertiary alicyclic amines) is 1. The molecule has 3 aliphatic rings. The zero-order valence-corrected chi connectivity index (χ0v) is 17.2. The lowest BCUT2D eigenvalue weighted by Gasteiger charge is -2.22. The van der Waals surface area contributed by atoms with Crippen molar-refractivity contribution in [2.24, 2.45) is 0 Å². The van der Waals surface area contributed by atoms with Crippen LogP contribution >= 0.6 is 0 Å². The molecule has 1 aromatic carbocycles. The second-order valence-corrected chi connectivity index (χ2v) is 10.6. The van der Waals surface area contributed by atoms with Crippen LogP contribution < -0.4 is 0 Å². The standard InChI is InChI=1S/C22H31NO3S/c1-2-23-11-5-8-18(23)14-27(25,26)15-19(24)13-22-20-9-3-6-16(20)12-17-7-4-10-21(17)22/h12,18H,2-11,13-15H2,1H3. The van der Waals surface area contributed by atoms with Crippen molar-refractivity contribution in [3.05, 3.63) is 33.9 Å². The highest BCUT2D eigenvalue weighted by atomic mass is 32.2. The molecule has 4 nitrogen and oxygen atoms in total. The summed E-state index contributed by atoms with van der Waals surface area (Å²) in [6.07, 6.45) is 8.93. The summed E-state index contributed by atoms with van der Waals surface area (Å²) < 4.78 is 25.3. The van der Waals surface area contributed by atoms with Crippen LogP contribution in [0.1, 0.15) is 60.4 Å². The van der Waals surface area contributed by atoms with Gasteiger partial charge in [0.15, 0.2) is 15.6 Å². The smallest absolute Gasteiger partial charge is 0.158 e. The van der Waals surface area contributed by atoms with E-state index in [1.54, 1.807) is 0 Å². The average Bonchev–Trinajstić information content (AvgIpc) is 3.33. The summed E-state index contributed by atoms with van der Waals surface area (Å²) in [5.74, 6) is -0.276. The fraction of sp³-hybridized carbons (Fsp3) is 0.682. The van der Waals surface area contributed by atoms with Gasteiger partial charge in [0, 0.05) is 12.5 Å². The van der Waals surface area contributed by atoms with Crippen molar-refractivity contribution in [1.29, 1.82) is 0 Å². The molecule has 1 unspecified atom stereocenters. The summed E-state index contributed by atoms with van der Waals surface area (Å²) >= 11 is 0. The molecule has 1 aliphatic heterocycles. The zero-order chi connectivity index (χ0) is 19.0. The first kappa shape index (κ1) is 19.1. The van der Waals surface area contributed by atoms with Gasteiger partial charge in [-0.3, -0.25) is 9.69 Å². The van der Waals surface area contributed by atoms with Gasteiger partial charge in [-0.25, -0.2) is 8.42 Å². The number of nitrogens with zero attached hydrogens (tertiary/aromatic N) is 1. The van der Waals surface area contributed by atoms with Crippen molar-refractivity contribution in [2.45, 2.75) is 70.8 Å². The van der Waals surface area contributed by atoms with Crippen LogP contribution in [-0.2, 0) is 46.7 Å². The van der Waals surface area contributed by atoms with Gasteiger partial charge in [0.05, 0.1) is 5.75 Å². The number of hydrogen-bond donors (Lipinski definition) is 0. The Kier molecular flexibility index (Phi) is 5.43. The number of carbonyl (C=O) groups excluding carboxylic acids is 1. The molecular weight excluding hydrogens is 358 g/mol. The first-order valence-corrected chi connectivity index (χ1v) is 12.4. The maximum absolute atomic E-state index is 12.8. The molecule has 148 valence electrons. The number of benzene rings is 1. The van der Waals surface area contributed by atoms with Gasteiger partial charge < -0.3 is 0 Å². The van der Waals surface area contributed by atoms with Crippen molar-refractivity contribution >= 4 is 15.6 Å². The Bertz CT molecular complexity index is 811. The number of rotatable bonds is 7. The molecule has 0 amide bonds. The monoisotopic (exact) mass is 389 g/mol. The Labute approximate surface area is 163 Å². The summed E-state index contributed by atoms with van der Waals surface area (Å²) in [4.78, 5) is 15.0. The second-order valence-electron chi connectivity index (χ2n) is 8.53. The molecule has 0 N–H and O–H groups in total. The number of carbonyl (C=O) groups is 1. The number of Topliss-reactive ketones (excluding diaryl/α,β-unsaturated/α-hetero) is 1. The third kappa shape index (κ3) is 4.00. The molecular formula is C22H31NO3S. The molecule has 0 radical (unpaired) electrons.